The zero-order valence-corrected chi connectivity index (χ0v) is 11.6. The summed E-state index contributed by atoms with van der Waals surface area (Å²) in [7, 11) is 0. The van der Waals surface area contributed by atoms with Crippen LogP contribution in [0, 0.1) is 0 Å². The van der Waals surface area contributed by atoms with Crippen LogP contribution >= 0.6 is 0 Å². The Labute approximate surface area is 109 Å². The maximum atomic E-state index is 11.1. The standard InChI is InChI=1S/C14H24O4/c1-5-18-13(16)9-8-12(15)14(4,17)10-6-7-11(2)3/h7-9,12,15,17H,5-6,10H2,1-4H3/b9-8+/t12-,14-/m1/s1. The first kappa shape index (κ1) is 16.9. The van der Waals surface area contributed by atoms with Gasteiger partial charge in [0, 0.05) is 6.08 Å². The van der Waals surface area contributed by atoms with E-state index in [-0.39, 0.29) is 6.61 Å². The summed E-state index contributed by atoms with van der Waals surface area (Å²) in [6, 6.07) is 0. The van der Waals surface area contributed by atoms with E-state index in [4.69, 9.17) is 0 Å². The third-order valence-corrected chi connectivity index (χ3v) is 2.54. The topological polar surface area (TPSA) is 66.8 Å². The van der Waals surface area contributed by atoms with Gasteiger partial charge >= 0.3 is 5.97 Å². The largest absolute Gasteiger partial charge is 0.463 e. The van der Waals surface area contributed by atoms with Gasteiger partial charge in [0.15, 0.2) is 0 Å². The summed E-state index contributed by atoms with van der Waals surface area (Å²) in [5, 5.41) is 19.9. The number of carbonyl (C=O) groups is 1. The van der Waals surface area contributed by atoms with Gasteiger partial charge < -0.3 is 14.9 Å². The molecule has 0 unspecified atom stereocenters. The smallest absolute Gasteiger partial charge is 0.330 e. The molecule has 104 valence electrons. The Hall–Kier alpha value is -1.13. The Kier molecular flexibility index (Phi) is 7.55. The molecule has 0 saturated carbocycles. The number of allylic oxidation sites excluding steroid dienone is 2. The number of hydrogen-bond donors (Lipinski definition) is 2. The van der Waals surface area contributed by atoms with Crippen molar-refractivity contribution in [3.63, 3.8) is 0 Å². The molecule has 0 aliphatic rings. The number of esters is 1. The first-order chi connectivity index (χ1) is 8.29. The average Bonchev–Trinajstić information content (AvgIpc) is 2.25. The summed E-state index contributed by atoms with van der Waals surface area (Å²) in [5.41, 5.74) is -0.0862. The second kappa shape index (κ2) is 8.06. The first-order valence-electron chi connectivity index (χ1n) is 6.18. The molecule has 4 nitrogen and oxygen atoms in total. The normalized spacial score (nSPS) is 16.1. The lowest BCUT2D eigenvalue weighted by Gasteiger charge is -2.26. The van der Waals surface area contributed by atoms with E-state index >= 15 is 0 Å². The van der Waals surface area contributed by atoms with E-state index in [1.807, 2.05) is 19.9 Å². The van der Waals surface area contributed by atoms with Crippen molar-refractivity contribution in [1.29, 1.82) is 0 Å². The van der Waals surface area contributed by atoms with Crippen molar-refractivity contribution in [3.05, 3.63) is 23.8 Å². The SMILES string of the molecule is CCOC(=O)/C=C/[C@@H](O)[C@](C)(O)CCC=C(C)C. The summed E-state index contributed by atoms with van der Waals surface area (Å²) < 4.78 is 4.69. The van der Waals surface area contributed by atoms with E-state index in [1.54, 1.807) is 13.8 Å². The van der Waals surface area contributed by atoms with Gasteiger partial charge in [-0.2, -0.15) is 0 Å². The maximum absolute atomic E-state index is 11.1. The zero-order valence-electron chi connectivity index (χ0n) is 11.6. The van der Waals surface area contributed by atoms with E-state index in [9.17, 15) is 15.0 Å². The van der Waals surface area contributed by atoms with Gasteiger partial charge in [0.1, 0.15) is 6.10 Å². The van der Waals surface area contributed by atoms with Crippen LogP contribution in [0.1, 0.15) is 40.5 Å². The highest BCUT2D eigenvalue weighted by molar-refractivity contribution is 5.81. The predicted molar refractivity (Wildman–Crippen MR) is 71.1 cm³/mol. The molecular weight excluding hydrogens is 232 g/mol. The predicted octanol–water partition coefficient (Wildman–Crippen LogP) is 1.96. The molecule has 0 bridgehead atoms. The number of carbonyl (C=O) groups excluding carboxylic acids is 1. The summed E-state index contributed by atoms with van der Waals surface area (Å²) in [6.07, 6.45) is 4.42. The van der Waals surface area contributed by atoms with Gasteiger partial charge in [-0.15, -0.1) is 0 Å². The molecule has 0 aromatic rings. The van der Waals surface area contributed by atoms with Gasteiger partial charge in [-0.25, -0.2) is 4.79 Å². The molecule has 0 amide bonds. The molecular formula is C14H24O4. The van der Waals surface area contributed by atoms with Gasteiger partial charge in [0.25, 0.3) is 0 Å². The van der Waals surface area contributed by atoms with Gasteiger partial charge in [-0.1, -0.05) is 11.6 Å². The average molecular weight is 256 g/mol. The Morgan fingerprint density at radius 2 is 2.06 bits per heavy atom. The molecule has 0 aliphatic carbocycles. The molecule has 0 radical (unpaired) electrons. The lowest BCUT2D eigenvalue weighted by molar-refractivity contribution is -0.137. The van der Waals surface area contributed by atoms with Gasteiger partial charge in [0.2, 0.25) is 0 Å². The van der Waals surface area contributed by atoms with Crippen LogP contribution in [0.3, 0.4) is 0 Å². The monoisotopic (exact) mass is 256 g/mol. The number of aliphatic hydroxyl groups excluding tert-OH is 1. The van der Waals surface area contributed by atoms with Crippen LogP contribution in [0.2, 0.25) is 0 Å². The minimum atomic E-state index is -1.26. The number of ether oxygens (including phenoxy) is 1. The van der Waals surface area contributed by atoms with E-state index in [1.165, 1.54) is 11.6 Å². The fourth-order valence-electron chi connectivity index (χ4n) is 1.37. The lowest BCUT2D eigenvalue weighted by Crippen LogP contribution is -2.37. The molecule has 4 heteroatoms. The van der Waals surface area contributed by atoms with Gasteiger partial charge in [0.05, 0.1) is 12.2 Å². The van der Waals surface area contributed by atoms with Crippen LogP contribution in [0.5, 0.6) is 0 Å². The summed E-state index contributed by atoms with van der Waals surface area (Å²) in [5.74, 6) is -0.517. The molecule has 2 atom stereocenters. The minimum absolute atomic E-state index is 0.288. The van der Waals surface area contributed by atoms with Crippen LogP contribution in [0.25, 0.3) is 0 Å². The van der Waals surface area contributed by atoms with Crippen molar-refractivity contribution in [2.24, 2.45) is 0 Å². The zero-order chi connectivity index (χ0) is 14.2. The number of rotatable bonds is 7. The lowest BCUT2D eigenvalue weighted by atomic mass is 9.92. The Bertz CT molecular complexity index is 312. The summed E-state index contributed by atoms with van der Waals surface area (Å²) >= 11 is 0. The first-order valence-corrected chi connectivity index (χ1v) is 6.18. The summed E-state index contributed by atoms with van der Waals surface area (Å²) in [6.45, 7) is 7.50. The third kappa shape index (κ3) is 7.25. The van der Waals surface area contributed by atoms with Crippen molar-refractivity contribution in [2.75, 3.05) is 6.61 Å². The molecule has 0 aromatic heterocycles. The Balaban J connectivity index is 4.33. The van der Waals surface area contributed by atoms with Crippen molar-refractivity contribution in [2.45, 2.75) is 52.2 Å². The highest BCUT2D eigenvalue weighted by atomic mass is 16.5. The van der Waals surface area contributed by atoms with Crippen LogP contribution in [0.4, 0.5) is 0 Å². The minimum Gasteiger partial charge on any atom is -0.463 e. The second-order valence-corrected chi connectivity index (χ2v) is 4.73. The van der Waals surface area contributed by atoms with Crippen molar-refractivity contribution >= 4 is 5.97 Å². The van der Waals surface area contributed by atoms with Crippen LogP contribution in [0.15, 0.2) is 23.8 Å². The molecule has 0 rings (SSSR count). The quantitative estimate of drug-likeness (QED) is 0.415. The van der Waals surface area contributed by atoms with Crippen LogP contribution < -0.4 is 0 Å². The molecule has 2 N–H and O–H groups in total. The van der Waals surface area contributed by atoms with E-state index in [0.717, 1.165) is 6.08 Å². The number of hydrogen-bond acceptors (Lipinski definition) is 4. The van der Waals surface area contributed by atoms with Crippen LogP contribution in [-0.4, -0.2) is 34.5 Å². The summed E-state index contributed by atoms with van der Waals surface area (Å²) in [4.78, 5) is 11.1. The molecule has 0 heterocycles. The van der Waals surface area contributed by atoms with Crippen LogP contribution in [-0.2, 0) is 9.53 Å². The molecule has 0 fully saturated rings. The fraction of sp³-hybridized carbons (Fsp3) is 0.643. The van der Waals surface area contributed by atoms with E-state index in [2.05, 4.69) is 4.74 Å². The molecule has 0 saturated heterocycles. The Morgan fingerprint density at radius 3 is 2.56 bits per heavy atom. The third-order valence-electron chi connectivity index (χ3n) is 2.54. The van der Waals surface area contributed by atoms with Gasteiger partial charge in [-0.3, -0.25) is 0 Å². The van der Waals surface area contributed by atoms with E-state index in [0.29, 0.717) is 12.8 Å². The van der Waals surface area contributed by atoms with Crippen molar-refractivity contribution in [1.82, 2.24) is 0 Å². The van der Waals surface area contributed by atoms with E-state index < -0.39 is 17.7 Å². The van der Waals surface area contributed by atoms with Gasteiger partial charge in [-0.05, 0) is 46.6 Å². The Morgan fingerprint density at radius 1 is 1.44 bits per heavy atom. The molecule has 0 spiro atoms. The molecule has 0 aromatic carbocycles. The molecule has 18 heavy (non-hydrogen) atoms. The van der Waals surface area contributed by atoms with Crippen molar-refractivity contribution < 1.29 is 19.7 Å². The maximum Gasteiger partial charge on any atom is 0.330 e. The molecule has 0 aliphatic heterocycles. The highest BCUT2D eigenvalue weighted by Gasteiger charge is 2.27. The fourth-order valence-corrected chi connectivity index (χ4v) is 1.37. The highest BCUT2D eigenvalue weighted by Crippen LogP contribution is 2.19. The number of aliphatic hydroxyl groups is 2. The second-order valence-electron chi connectivity index (χ2n) is 4.73. The van der Waals surface area contributed by atoms with Crippen molar-refractivity contribution in [3.8, 4) is 0 Å².